The Morgan fingerprint density at radius 1 is 1.21 bits per heavy atom. The van der Waals surface area contributed by atoms with Crippen molar-refractivity contribution in [1.29, 1.82) is 0 Å². The molecule has 3 aromatic rings. The quantitative estimate of drug-likeness (QED) is 0.747. The molecule has 0 saturated carbocycles. The summed E-state index contributed by atoms with van der Waals surface area (Å²) in [6, 6.07) is 13.0. The Labute approximate surface area is 118 Å². The predicted molar refractivity (Wildman–Crippen MR) is 76.9 cm³/mol. The van der Waals surface area contributed by atoms with Gasteiger partial charge in [-0.3, -0.25) is 0 Å². The fourth-order valence-electron chi connectivity index (χ4n) is 1.75. The van der Waals surface area contributed by atoms with E-state index in [4.69, 9.17) is 14.9 Å². The van der Waals surface area contributed by atoms with Crippen molar-refractivity contribution in [2.24, 2.45) is 0 Å². The summed E-state index contributed by atoms with van der Waals surface area (Å²) in [7, 11) is 0. The summed E-state index contributed by atoms with van der Waals surface area (Å²) in [6.45, 7) is 0.275. The van der Waals surface area contributed by atoms with Crippen molar-refractivity contribution in [3.05, 3.63) is 52.8 Å². The van der Waals surface area contributed by atoms with E-state index in [0.29, 0.717) is 17.2 Å². The summed E-state index contributed by atoms with van der Waals surface area (Å²) in [6.07, 6.45) is 0. The number of rotatable bonds is 3. The van der Waals surface area contributed by atoms with Crippen LogP contribution in [-0.2, 0) is 6.61 Å². The summed E-state index contributed by atoms with van der Waals surface area (Å²) in [5, 5.41) is 0. The van der Waals surface area contributed by atoms with Crippen LogP contribution in [0.2, 0.25) is 0 Å². The van der Waals surface area contributed by atoms with Gasteiger partial charge in [-0.15, -0.1) is 0 Å². The molecule has 0 spiro atoms. The van der Waals surface area contributed by atoms with Crippen molar-refractivity contribution >= 4 is 32.7 Å². The van der Waals surface area contributed by atoms with Gasteiger partial charge in [0.25, 0.3) is 0 Å². The van der Waals surface area contributed by atoms with Gasteiger partial charge >= 0.3 is 0 Å². The zero-order chi connectivity index (χ0) is 13.2. The highest BCUT2D eigenvalue weighted by Crippen LogP contribution is 2.25. The topological polar surface area (TPSA) is 61.3 Å². The molecule has 96 valence electrons. The lowest BCUT2D eigenvalue weighted by atomic mass is 10.3. The number of nitrogen functional groups attached to an aromatic ring is 1. The van der Waals surface area contributed by atoms with Crippen molar-refractivity contribution in [1.82, 2.24) is 4.98 Å². The second-order valence-electron chi connectivity index (χ2n) is 4.05. The van der Waals surface area contributed by atoms with Crippen molar-refractivity contribution in [2.45, 2.75) is 6.61 Å². The van der Waals surface area contributed by atoms with Gasteiger partial charge in [-0.25, -0.2) is 4.98 Å². The minimum atomic E-state index is 0.275. The van der Waals surface area contributed by atoms with Gasteiger partial charge < -0.3 is 14.9 Å². The largest absolute Gasteiger partial charge is 0.483 e. The fraction of sp³-hybridized carbons (Fsp3) is 0.0714. The van der Waals surface area contributed by atoms with E-state index in [1.54, 1.807) is 12.1 Å². The smallest absolute Gasteiger partial charge is 0.233 e. The average molecular weight is 319 g/mol. The van der Waals surface area contributed by atoms with Crippen LogP contribution in [0.25, 0.3) is 11.1 Å². The molecule has 0 aliphatic heterocycles. The van der Waals surface area contributed by atoms with Crippen LogP contribution in [0.5, 0.6) is 5.75 Å². The molecular formula is C14H11BrN2O2. The van der Waals surface area contributed by atoms with Gasteiger partial charge in [-0.2, -0.15) is 0 Å². The number of halogens is 1. The van der Waals surface area contributed by atoms with Gasteiger partial charge in [0.2, 0.25) is 5.89 Å². The maximum Gasteiger partial charge on any atom is 0.233 e. The Morgan fingerprint density at radius 2 is 2.05 bits per heavy atom. The zero-order valence-electron chi connectivity index (χ0n) is 9.97. The fourth-order valence-corrected chi connectivity index (χ4v) is 2.15. The Balaban J connectivity index is 1.80. The predicted octanol–water partition coefficient (Wildman–Crippen LogP) is 3.75. The van der Waals surface area contributed by atoms with Crippen LogP contribution in [0.1, 0.15) is 5.89 Å². The van der Waals surface area contributed by atoms with Crippen molar-refractivity contribution < 1.29 is 9.15 Å². The Kier molecular flexibility index (Phi) is 3.13. The molecule has 0 saturated heterocycles. The normalized spacial score (nSPS) is 10.8. The Bertz CT molecular complexity index is 724. The molecule has 0 atom stereocenters. The molecule has 3 rings (SSSR count). The van der Waals surface area contributed by atoms with E-state index in [9.17, 15) is 0 Å². The van der Waals surface area contributed by atoms with E-state index in [1.807, 2.05) is 30.3 Å². The lowest BCUT2D eigenvalue weighted by Gasteiger charge is -2.04. The number of para-hydroxylation sites is 1. The summed E-state index contributed by atoms with van der Waals surface area (Å²) >= 11 is 3.42. The molecule has 0 fully saturated rings. The first-order chi connectivity index (χ1) is 9.22. The number of nitrogens with zero attached hydrogens (tertiary/aromatic N) is 1. The minimum absolute atomic E-state index is 0.275. The van der Waals surface area contributed by atoms with E-state index in [1.165, 1.54) is 0 Å². The van der Waals surface area contributed by atoms with E-state index in [2.05, 4.69) is 20.9 Å². The number of fused-ring (bicyclic) bond motifs is 1. The number of anilines is 1. The molecular weight excluding hydrogens is 308 g/mol. The molecule has 0 amide bonds. The molecule has 0 radical (unpaired) electrons. The number of hydrogen-bond donors (Lipinski definition) is 1. The summed E-state index contributed by atoms with van der Waals surface area (Å²) in [5.41, 5.74) is 7.80. The molecule has 1 aromatic heterocycles. The van der Waals surface area contributed by atoms with Crippen LogP contribution in [0.3, 0.4) is 0 Å². The zero-order valence-corrected chi connectivity index (χ0v) is 11.6. The SMILES string of the molecule is Nc1ccc2nc(COc3ccccc3Br)oc2c1. The first kappa shape index (κ1) is 12.0. The van der Waals surface area contributed by atoms with Crippen LogP contribution in [0, 0.1) is 0 Å². The highest BCUT2D eigenvalue weighted by Gasteiger charge is 2.07. The summed E-state index contributed by atoms with van der Waals surface area (Å²) < 4.78 is 12.1. The van der Waals surface area contributed by atoms with Gasteiger partial charge in [-0.05, 0) is 40.2 Å². The third kappa shape index (κ3) is 2.56. The first-order valence-corrected chi connectivity index (χ1v) is 6.54. The van der Waals surface area contributed by atoms with Crippen molar-refractivity contribution in [3.8, 4) is 5.75 Å². The molecule has 0 unspecified atom stereocenters. The first-order valence-electron chi connectivity index (χ1n) is 5.74. The lowest BCUT2D eigenvalue weighted by molar-refractivity contribution is 0.265. The lowest BCUT2D eigenvalue weighted by Crippen LogP contribution is -1.95. The van der Waals surface area contributed by atoms with Gasteiger partial charge in [0.15, 0.2) is 12.2 Å². The third-order valence-electron chi connectivity index (χ3n) is 2.64. The number of nitrogens with two attached hydrogens (primary N) is 1. The number of benzene rings is 2. The molecule has 0 bridgehead atoms. The van der Waals surface area contributed by atoms with Gasteiger partial charge in [0.1, 0.15) is 11.3 Å². The maximum absolute atomic E-state index is 5.69. The van der Waals surface area contributed by atoms with E-state index in [-0.39, 0.29) is 6.61 Å². The van der Waals surface area contributed by atoms with Gasteiger partial charge in [0.05, 0.1) is 4.47 Å². The van der Waals surface area contributed by atoms with Crippen LogP contribution in [-0.4, -0.2) is 4.98 Å². The summed E-state index contributed by atoms with van der Waals surface area (Å²) in [5.74, 6) is 1.28. The Morgan fingerprint density at radius 3 is 2.89 bits per heavy atom. The van der Waals surface area contributed by atoms with Gasteiger partial charge in [0, 0.05) is 11.8 Å². The molecule has 19 heavy (non-hydrogen) atoms. The summed E-state index contributed by atoms with van der Waals surface area (Å²) in [4.78, 5) is 4.34. The molecule has 2 N–H and O–H groups in total. The average Bonchev–Trinajstić information content (AvgIpc) is 2.79. The van der Waals surface area contributed by atoms with Crippen molar-refractivity contribution in [3.63, 3.8) is 0 Å². The molecule has 4 nitrogen and oxygen atoms in total. The highest BCUT2D eigenvalue weighted by atomic mass is 79.9. The maximum atomic E-state index is 5.69. The molecule has 2 aromatic carbocycles. The molecule has 5 heteroatoms. The third-order valence-corrected chi connectivity index (χ3v) is 3.30. The van der Waals surface area contributed by atoms with Crippen LogP contribution >= 0.6 is 15.9 Å². The number of oxazole rings is 1. The minimum Gasteiger partial charge on any atom is -0.483 e. The molecule has 0 aliphatic carbocycles. The molecule has 0 aliphatic rings. The van der Waals surface area contributed by atoms with E-state index in [0.717, 1.165) is 15.7 Å². The van der Waals surface area contributed by atoms with E-state index < -0.39 is 0 Å². The number of hydrogen-bond acceptors (Lipinski definition) is 4. The second kappa shape index (κ2) is 4.93. The van der Waals surface area contributed by atoms with Gasteiger partial charge in [-0.1, -0.05) is 12.1 Å². The number of aromatic nitrogens is 1. The number of ether oxygens (including phenoxy) is 1. The molecule has 1 heterocycles. The van der Waals surface area contributed by atoms with Crippen LogP contribution < -0.4 is 10.5 Å². The van der Waals surface area contributed by atoms with E-state index >= 15 is 0 Å². The second-order valence-corrected chi connectivity index (χ2v) is 4.91. The highest BCUT2D eigenvalue weighted by molar-refractivity contribution is 9.10. The monoisotopic (exact) mass is 318 g/mol. The van der Waals surface area contributed by atoms with Crippen molar-refractivity contribution in [2.75, 3.05) is 5.73 Å². The van der Waals surface area contributed by atoms with Crippen LogP contribution in [0.15, 0.2) is 51.4 Å². The van der Waals surface area contributed by atoms with Crippen LogP contribution in [0.4, 0.5) is 5.69 Å². The standard InChI is InChI=1S/C14H11BrN2O2/c15-10-3-1-2-4-12(10)18-8-14-17-11-6-5-9(16)7-13(11)19-14/h1-7H,8,16H2. The Hall–Kier alpha value is -2.01.